The van der Waals surface area contributed by atoms with E-state index in [1.165, 1.54) is 17.0 Å². The molecule has 2 atom stereocenters. The van der Waals surface area contributed by atoms with Gasteiger partial charge in [-0.3, -0.25) is 9.59 Å². The molecule has 0 saturated heterocycles. The van der Waals surface area contributed by atoms with Crippen molar-refractivity contribution in [2.24, 2.45) is 0 Å². The number of ether oxygens (including phenoxy) is 1. The molecule has 0 saturated carbocycles. The summed E-state index contributed by atoms with van der Waals surface area (Å²) in [6, 6.07) is 13.3. The number of fused-ring (bicyclic) bond motifs is 2. The van der Waals surface area contributed by atoms with Crippen molar-refractivity contribution in [3.05, 3.63) is 71.3 Å². The van der Waals surface area contributed by atoms with Crippen LogP contribution in [-0.2, 0) is 22.3 Å². The third-order valence-corrected chi connectivity index (χ3v) is 6.28. The van der Waals surface area contributed by atoms with Gasteiger partial charge in [0.2, 0.25) is 5.91 Å². The number of para-hydroxylation sites is 1. The lowest BCUT2D eigenvalue weighted by Gasteiger charge is -2.27. The number of hydrogen-bond donors (Lipinski definition) is 2. The van der Waals surface area contributed by atoms with Crippen LogP contribution < -0.4 is 20.3 Å². The van der Waals surface area contributed by atoms with E-state index in [0.29, 0.717) is 0 Å². The molecule has 2 amide bonds. The SMILES string of the molecule is CNC(C)C(=O)NC1COc2c(cccc2C(F)(F)F)N(Cc2c(C)ccc3ccccc23)C1=O. The number of carbonyl (C=O) groups is 2. The molecule has 3 aromatic rings. The van der Waals surface area contributed by atoms with E-state index in [-0.39, 0.29) is 12.2 Å². The number of halogens is 3. The Hall–Kier alpha value is -3.59. The summed E-state index contributed by atoms with van der Waals surface area (Å²) >= 11 is 0. The van der Waals surface area contributed by atoms with Gasteiger partial charge in [-0.15, -0.1) is 0 Å². The molecule has 0 fully saturated rings. The molecular weight excluding hydrogens is 459 g/mol. The van der Waals surface area contributed by atoms with Crippen LogP contribution in [0.15, 0.2) is 54.6 Å². The normalized spacial score (nSPS) is 16.9. The number of carbonyl (C=O) groups excluding carboxylic acids is 2. The van der Waals surface area contributed by atoms with E-state index in [1.54, 1.807) is 14.0 Å². The summed E-state index contributed by atoms with van der Waals surface area (Å²) in [5.74, 6) is -1.44. The quantitative estimate of drug-likeness (QED) is 0.569. The Morgan fingerprint density at radius 1 is 1.14 bits per heavy atom. The summed E-state index contributed by atoms with van der Waals surface area (Å²) < 4.78 is 47.1. The van der Waals surface area contributed by atoms with E-state index in [0.717, 1.165) is 28.0 Å². The fraction of sp³-hybridized carbons (Fsp3) is 0.308. The highest BCUT2D eigenvalue weighted by molar-refractivity contribution is 6.02. The number of hydrogen-bond acceptors (Lipinski definition) is 4. The van der Waals surface area contributed by atoms with Gasteiger partial charge in [-0.25, -0.2) is 0 Å². The number of amides is 2. The molecule has 0 aliphatic carbocycles. The van der Waals surface area contributed by atoms with Crippen LogP contribution in [0.5, 0.6) is 5.75 Å². The number of alkyl halides is 3. The summed E-state index contributed by atoms with van der Waals surface area (Å²) in [6.45, 7) is 3.09. The number of anilines is 1. The van der Waals surface area contributed by atoms with Crippen molar-refractivity contribution in [1.29, 1.82) is 0 Å². The topological polar surface area (TPSA) is 70.7 Å². The maximum atomic E-state index is 13.8. The Balaban J connectivity index is 1.83. The van der Waals surface area contributed by atoms with Crippen LogP contribution in [0.25, 0.3) is 10.8 Å². The van der Waals surface area contributed by atoms with E-state index in [2.05, 4.69) is 10.6 Å². The zero-order valence-corrected chi connectivity index (χ0v) is 19.6. The molecule has 2 N–H and O–H groups in total. The van der Waals surface area contributed by atoms with Crippen molar-refractivity contribution < 1.29 is 27.5 Å². The molecule has 1 heterocycles. The smallest absolute Gasteiger partial charge is 0.420 e. The van der Waals surface area contributed by atoms with E-state index in [9.17, 15) is 22.8 Å². The van der Waals surface area contributed by atoms with Gasteiger partial charge in [0, 0.05) is 0 Å². The Labute approximate surface area is 201 Å². The summed E-state index contributed by atoms with van der Waals surface area (Å²) in [5, 5.41) is 7.24. The monoisotopic (exact) mass is 485 g/mol. The molecular formula is C26H26F3N3O3. The number of rotatable bonds is 5. The molecule has 0 aromatic heterocycles. The predicted molar refractivity (Wildman–Crippen MR) is 127 cm³/mol. The fourth-order valence-corrected chi connectivity index (χ4v) is 4.16. The number of nitrogens with one attached hydrogen (secondary N) is 2. The lowest BCUT2D eigenvalue weighted by atomic mass is 9.98. The molecule has 6 nitrogen and oxygen atoms in total. The number of benzene rings is 3. The van der Waals surface area contributed by atoms with Crippen molar-refractivity contribution in [1.82, 2.24) is 10.6 Å². The van der Waals surface area contributed by atoms with Gasteiger partial charge in [0.05, 0.1) is 23.8 Å². The van der Waals surface area contributed by atoms with Gasteiger partial charge in [-0.2, -0.15) is 13.2 Å². The maximum absolute atomic E-state index is 13.8. The molecule has 9 heteroatoms. The van der Waals surface area contributed by atoms with Crippen LogP contribution in [0, 0.1) is 6.92 Å². The zero-order chi connectivity index (χ0) is 25.3. The standard InChI is InChI=1S/C26H26F3N3O3/c1-15-11-12-17-7-4-5-8-18(17)19(15)13-32-22-10-6-9-20(26(27,28)29)23(22)35-14-21(25(32)34)31-24(33)16(2)30-3/h4-12,16,21,30H,13-14H2,1-3H3,(H,31,33). The average molecular weight is 486 g/mol. The molecule has 2 unspecified atom stereocenters. The molecule has 0 spiro atoms. The van der Waals surface area contributed by atoms with Crippen LogP contribution in [-0.4, -0.2) is 37.6 Å². The molecule has 1 aliphatic heterocycles. The third kappa shape index (κ3) is 4.81. The Kier molecular flexibility index (Phi) is 6.71. The summed E-state index contributed by atoms with van der Waals surface area (Å²) in [6.07, 6.45) is -4.68. The first-order chi connectivity index (χ1) is 16.6. The largest absolute Gasteiger partial charge is 0.488 e. The Morgan fingerprint density at radius 2 is 1.89 bits per heavy atom. The first-order valence-corrected chi connectivity index (χ1v) is 11.2. The second-order valence-corrected chi connectivity index (χ2v) is 8.54. The van der Waals surface area contributed by atoms with Gasteiger partial charge in [0.15, 0.2) is 5.75 Å². The van der Waals surface area contributed by atoms with Gasteiger partial charge in [0.25, 0.3) is 5.91 Å². The lowest BCUT2D eigenvalue weighted by Crippen LogP contribution is -2.53. The summed E-state index contributed by atoms with van der Waals surface area (Å²) in [4.78, 5) is 27.5. The highest BCUT2D eigenvalue weighted by Gasteiger charge is 2.40. The van der Waals surface area contributed by atoms with Gasteiger partial charge in [-0.05, 0) is 54.9 Å². The number of nitrogens with zero attached hydrogens (tertiary/aromatic N) is 1. The lowest BCUT2D eigenvalue weighted by molar-refractivity contribution is -0.139. The maximum Gasteiger partial charge on any atom is 0.420 e. The Bertz CT molecular complexity index is 1280. The van der Waals surface area contributed by atoms with E-state index < -0.39 is 48.0 Å². The van der Waals surface area contributed by atoms with Gasteiger partial charge < -0.3 is 20.3 Å². The summed E-state index contributed by atoms with van der Waals surface area (Å²) in [5.41, 5.74) is 0.726. The van der Waals surface area contributed by atoms with Crippen LogP contribution >= 0.6 is 0 Å². The van der Waals surface area contributed by atoms with Crippen molar-refractivity contribution in [2.45, 2.75) is 38.7 Å². The second kappa shape index (κ2) is 9.58. The number of likely N-dealkylation sites (N-methyl/N-ethyl adjacent to an activating group) is 1. The highest BCUT2D eigenvalue weighted by atomic mass is 19.4. The van der Waals surface area contributed by atoms with Crippen LogP contribution in [0.4, 0.5) is 18.9 Å². The van der Waals surface area contributed by atoms with Gasteiger partial charge in [0.1, 0.15) is 12.6 Å². The van der Waals surface area contributed by atoms with E-state index >= 15 is 0 Å². The van der Waals surface area contributed by atoms with Crippen molar-refractivity contribution >= 4 is 28.3 Å². The third-order valence-electron chi connectivity index (χ3n) is 6.28. The van der Waals surface area contributed by atoms with Crippen LogP contribution in [0.1, 0.15) is 23.6 Å². The fourth-order valence-electron chi connectivity index (χ4n) is 4.16. The van der Waals surface area contributed by atoms with E-state index in [1.807, 2.05) is 43.3 Å². The molecule has 3 aromatic carbocycles. The highest BCUT2D eigenvalue weighted by Crippen LogP contribution is 2.43. The second-order valence-electron chi connectivity index (χ2n) is 8.54. The van der Waals surface area contributed by atoms with Crippen molar-refractivity contribution in [2.75, 3.05) is 18.6 Å². The van der Waals surface area contributed by atoms with Crippen LogP contribution in [0.2, 0.25) is 0 Å². The minimum Gasteiger partial charge on any atom is -0.488 e. The summed E-state index contributed by atoms with van der Waals surface area (Å²) in [7, 11) is 1.59. The molecule has 35 heavy (non-hydrogen) atoms. The van der Waals surface area contributed by atoms with Gasteiger partial charge >= 0.3 is 6.18 Å². The minimum absolute atomic E-state index is 0.00979. The first kappa shape index (κ1) is 24.5. The minimum atomic E-state index is -4.68. The van der Waals surface area contributed by atoms with Crippen LogP contribution in [0.3, 0.4) is 0 Å². The van der Waals surface area contributed by atoms with Crippen molar-refractivity contribution in [3.63, 3.8) is 0 Å². The molecule has 184 valence electrons. The average Bonchev–Trinajstić information content (AvgIpc) is 2.96. The molecule has 1 aliphatic rings. The molecule has 0 bridgehead atoms. The van der Waals surface area contributed by atoms with Gasteiger partial charge in [-0.1, -0.05) is 42.5 Å². The van der Waals surface area contributed by atoms with Crippen molar-refractivity contribution in [3.8, 4) is 5.75 Å². The Morgan fingerprint density at radius 3 is 2.60 bits per heavy atom. The molecule has 0 radical (unpaired) electrons. The predicted octanol–water partition coefficient (Wildman–Crippen LogP) is 4.19. The zero-order valence-electron chi connectivity index (χ0n) is 19.6. The first-order valence-electron chi connectivity index (χ1n) is 11.2. The van der Waals surface area contributed by atoms with E-state index in [4.69, 9.17) is 4.74 Å². The number of aryl methyl sites for hydroxylation is 1. The molecule has 4 rings (SSSR count).